The van der Waals surface area contributed by atoms with Gasteiger partial charge in [-0.1, -0.05) is 23.7 Å². The number of ether oxygens (including phenoxy) is 2. The summed E-state index contributed by atoms with van der Waals surface area (Å²) in [5.41, 5.74) is 0.398. The molecule has 0 aliphatic carbocycles. The van der Waals surface area contributed by atoms with Crippen LogP contribution < -0.4 is 14.8 Å². The summed E-state index contributed by atoms with van der Waals surface area (Å²) in [5, 5.41) is 2.50. The van der Waals surface area contributed by atoms with Crippen LogP contribution in [0.4, 0.5) is 10.1 Å². The molecule has 0 fully saturated rings. The summed E-state index contributed by atoms with van der Waals surface area (Å²) in [7, 11) is 1.52. The molecule has 0 bridgehead atoms. The van der Waals surface area contributed by atoms with Crippen molar-refractivity contribution >= 4 is 23.2 Å². The molecule has 21 heavy (non-hydrogen) atoms. The van der Waals surface area contributed by atoms with E-state index < -0.39 is 5.82 Å². The summed E-state index contributed by atoms with van der Waals surface area (Å²) < 4.78 is 23.5. The first-order valence-electron chi connectivity index (χ1n) is 6.11. The summed E-state index contributed by atoms with van der Waals surface area (Å²) in [6.45, 7) is -0.199. The quantitative estimate of drug-likeness (QED) is 0.919. The molecule has 0 unspecified atom stereocenters. The number of benzene rings is 2. The fourth-order valence-corrected chi connectivity index (χ4v) is 1.83. The Morgan fingerprint density at radius 2 is 1.95 bits per heavy atom. The van der Waals surface area contributed by atoms with Gasteiger partial charge < -0.3 is 14.8 Å². The van der Waals surface area contributed by atoms with E-state index in [1.165, 1.54) is 25.3 Å². The van der Waals surface area contributed by atoms with Gasteiger partial charge >= 0.3 is 0 Å². The van der Waals surface area contributed by atoms with Crippen LogP contribution in [-0.4, -0.2) is 19.6 Å². The molecule has 0 aliphatic heterocycles. The van der Waals surface area contributed by atoms with Gasteiger partial charge in [0.25, 0.3) is 5.91 Å². The van der Waals surface area contributed by atoms with Crippen LogP contribution in [0.2, 0.25) is 5.02 Å². The predicted octanol–water partition coefficient (Wildman–Crippen LogP) is 3.51. The highest BCUT2D eigenvalue weighted by molar-refractivity contribution is 6.31. The molecule has 110 valence electrons. The molecular weight excluding hydrogens is 297 g/mol. The number of nitrogens with one attached hydrogen (secondary N) is 1. The molecule has 6 heteroatoms. The number of methoxy groups -OCH3 is 1. The molecular formula is C15H13ClFNO3. The van der Waals surface area contributed by atoms with Gasteiger partial charge in [0.1, 0.15) is 5.82 Å². The molecule has 0 heterocycles. The molecule has 4 nitrogen and oxygen atoms in total. The van der Waals surface area contributed by atoms with Crippen LogP contribution in [0.3, 0.4) is 0 Å². The Hall–Kier alpha value is -2.27. The van der Waals surface area contributed by atoms with E-state index in [4.69, 9.17) is 21.1 Å². The zero-order valence-electron chi connectivity index (χ0n) is 11.2. The zero-order valence-corrected chi connectivity index (χ0v) is 12.0. The zero-order chi connectivity index (χ0) is 15.2. The number of halogens is 2. The molecule has 0 aromatic heterocycles. The van der Waals surface area contributed by atoms with Crippen LogP contribution in [0.5, 0.6) is 11.5 Å². The van der Waals surface area contributed by atoms with Crippen molar-refractivity contribution < 1.29 is 18.7 Å². The Bertz CT molecular complexity index is 649. The second-order valence-corrected chi connectivity index (χ2v) is 4.52. The van der Waals surface area contributed by atoms with Crippen LogP contribution in [0.1, 0.15) is 0 Å². The average molecular weight is 310 g/mol. The van der Waals surface area contributed by atoms with Crippen molar-refractivity contribution in [3.05, 3.63) is 53.3 Å². The largest absolute Gasteiger partial charge is 0.493 e. The van der Waals surface area contributed by atoms with E-state index in [1.807, 2.05) is 0 Å². The monoisotopic (exact) mass is 309 g/mol. The minimum Gasteiger partial charge on any atom is -0.493 e. The summed E-state index contributed by atoms with van der Waals surface area (Å²) in [6, 6.07) is 10.9. The molecule has 2 aromatic rings. The third-order valence-corrected chi connectivity index (χ3v) is 2.92. The van der Waals surface area contributed by atoms with E-state index in [1.54, 1.807) is 24.3 Å². The molecule has 0 aliphatic rings. The predicted molar refractivity (Wildman–Crippen MR) is 78.5 cm³/mol. The third-order valence-electron chi connectivity index (χ3n) is 2.63. The molecule has 0 saturated heterocycles. The number of amides is 1. The van der Waals surface area contributed by atoms with E-state index in [2.05, 4.69) is 5.32 Å². The summed E-state index contributed by atoms with van der Waals surface area (Å²) in [4.78, 5) is 11.8. The van der Waals surface area contributed by atoms with Gasteiger partial charge in [-0.05, 0) is 30.3 Å². The fraction of sp³-hybridized carbons (Fsp3) is 0.133. The van der Waals surface area contributed by atoms with E-state index in [-0.39, 0.29) is 17.5 Å². The van der Waals surface area contributed by atoms with Gasteiger partial charge in [-0.3, -0.25) is 4.79 Å². The van der Waals surface area contributed by atoms with Gasteiger partial charge in [-0.15, -0.1) is 0 Å². The molecule has 0 spiro atoms. The lowest BCUT2D eigenvalue weighted by Crippen LogP contribution is -2.20. The van der Waals surface area contributed by atoms with Gasteiger partial charge in [0.2, 0.25) is 0 Å². The highest BCUT2D eigenvalue weighted by Gasteiger charge is 2.08. The summed E-state index contributed by atoms with van der Waals surface area (Å²) >= 11 is 5.64. The van der Waals surface area contributed by atoms with Crippen molar-refractivity contribution in [2.24, 2.45) is 0 Å². The molecule has 2 aromatic carbocycles. The van der Waals surface area contributed by atoms with Crippen molar-refractivity contribution in [3.8, 4) is 11.5 Å². The molecule has 0 atom stereocenters. The van der Waals surface area contributed by atoms with Gasteiger partial charge in [0.05, 0.1) is 12.1 Å². The minimum absolute atomic E-state index is 0.0570. The number of carbonyl (C=O) groups is 1. The SMILES string of the molecule is COc1ccccc1OCC(=O)Nc1ccc(F)c(Cl)c1. The summed E-state index contributed by atoms with van der Waals surface area (Å²) in [5.74, 6) is 0.0749. The second-order valence-electron chi connectivity index (χ2n) is 4.12. The molecule has 2 rings (SSSR count). The smallest absolute Gasteiger partial charge is 0.262 e. The third kappa shape index (κ3) is 4.10. The van der Waals surface area contributed by atoms with E-state index in [0.717, 1.165) is 0 Å². The van der Waals surface area contributed by atoms with E-state index in [9.17, 15) is 9.18 Å². The van der Waals surface area contributed by atoms with Crippen LogP contribution in [0.25, 0.3) is 0 Å². The highest BCUT2D eigenvalue weighted by atomic mass is 35.5. The van der Waals surface area contributed by atoms with Gasteiger partial charge in [-0.25, -0.2) is 4.39 Å². The molecule has 0 saturated carbocycles. The van der Waals surface area contributed by atoms with Crippen LogP contribution in [0.15, 0.2) is 42.5 Å². The van der Waals surface area contributed by atoms with Crippen molar-refractivity contribution in [1.82, 2.24) is 0 Å². The Kier molecular flexibility index (Phi) is 5.00. The molecule has 1 amide bonds. The van der Waals surface area contributed by atoms with Crippen LogP contribution in [0, 0.1) is 5.82 Å². The molecule has 1 N–H and O–H groups in total. The number of para-hydroxylation sites is 2. The number of hydrogen-bond donors (Lipinski definition) is 1. The Labute approximate surface area is 126 Å². The number of carbonyl (C=O) groups excluding carboxylic acids is 1. The van der Waals surface area contributed by atoms with E-state index >= 15 is 0 Å². The topological polar surface area (TPSA) is 47.6 Å². The Morgan fingerprint density at radius 1 is 1.24 bits per heavy atom. The molecule has 0 radical (unpaired) electrons. The van der Waals surface area contributed by atoms with Gasteiger partial charge in [0, 0.05) is 5.69 Å². The van der Waals surface area contributed by atoms with Crippen molar-refractivity contribution in [2.75, 3.05) is 19.0 Å². The Balaban J connectivity index is 1.94. The maximum Gasteiger partial charge on any atom is 0.262 e. The summed E-state index contributed by atoms with van der Waals surface area (Å²) in [6.07, 6.45) is 0. The normalized spacial score (nSPS) is 10.0. The van der Waals surface area contributed by atoms with E-state index in [0.29, 0.717) is 17.2 Å². The lowest BCUT2D eigenvalue weighted by molar-refractivity contribution is -0.118. The second kappa shape index (κ2) is 6.95. The average Bonchev–Trinajstić information content (AvgIpc) is 2.49. The number of hydrogen-bond acceptors (Lipinski definition) is 3. The lowest BCUT2D eigenvalue weighted by Gasteiger charge is -2.10. The van der Waals surface area contributed by atoms with Crippen molar-refractivity contribution in [1.29, 1.82) is 0 Å². The number of rotatable bonds is 5. The Morgan fingerprint density at radius 3 is 2.62 bits per heavy atom. The lowest BCUT2D eigenvalue weighted by atomic mass is 10.3. The van der Waals surface area contributed by atoms with Gasteiger partial charge in [0.15, 0.2) is 18.1 Å². The minimum atomic E-state index is -0.542. The first-order valence-corrected chi connectivity index (χ1v) is 6.48. The first-order chi connectivity index (χ1) is 10.1. The van der Waals surface area contributed by atoms with Crippen molar-refractivity contribution in [2.45, 2.75) is 0 Å². The maximum atomic E-state index is 13.0. The highest BCUT2D eigenvalue weighted by Crippen LogP contribution is 2.25. The first kappa shape index (κ1) is 15.1. The fourth-order valence-electron chi connectivity index (χ4n) is 1.65. The van der Waals surface area contributed by atoms with Crippen molar-refractivity contribution in [3.63, 3.8) is 0 Å². The number of anilines is 1. The van der Waals surface area contributed by atoms with Crippen LogP contribution in [-0.2, 0) is 4.79 Å². The maximum absolute atomic E-state index is 13.0. The van der Waals surface area contributed by atoms with Gasteiger partial charge in [-0.2, -0.15) is 0 Å². The van der Waals surface area contributed by atoms with Crippen LogP contribution >= 0.6 is 11.6 Å². The standard InChI is InChI=1S/C15H13ClFNO3/c1-20-13-4-2-3-5-14(13)21-9-15(19)18-10-6-7-12(17)11(16)8-10/h2-8H,9H2,1H3,(H,18,19).